The van der Waals surface area contributed by atoms with Crippen molar-refractivity contribution in [2.75, 3.05) is 6.54 Å². The van der Waals surface area contributed by atoms with E-state index in [1.807, 2.05) is 0 Å². The predicted octanol–water partition coefficient (Wildman–Crippen LogP) is -0.339. The zero-order valence-corrected chi connectivity index (χ0v) is 7.98. The highest BCUT2D eigenvalue weighted by Crippen LogP contribution is 1.94. The maximum Gasteiger partial charge on any atom is 0.213 e. The number of nitrogens with two attached hydrogens (primary N) is 1. The Kier molecular flexibility index (Phi) is 3.99. The Hall–Kier alpha value is -0.130. The molecular formula is C6H16N2O2S. The number of hydrogen-bond acceptors (Lipinski definition) is 3. The van der Waals surface area contributed by atoms with E-state index >= 15 is 0 Å². The van der Waals surface area contributed by atoms with Gasteiger partial charge in [0.05, 0.1) is 5.25 Å². The van der Waals surface area contributed by atoms with Crippen LogP contribution in [0.4, 0.5) is 0 Å². The molecule has 4 nitrogen and oxygen atoms in total. The molecule has 5 heteroatoms. The first kappa shape index (κ1) is 10.9. The van der Waals surface area contributed by atoms with Crippen molar-refractivity contribution in [2.45, 2.75) is 32.1 Å². The monoisotopic (exact) mass is 180 g/mol. The lowest BCUT2D eigenvalue weighted by atomic mass is 10.4. The molecule has 0 aromatic rings. The van der Waals surface area contributed by atoms with Crippen LogP contribution >= 0.6 is 0 Å². The van der Waals surface area contributed by atoms with Gasteiger partial charge in [-0.15, -0.1) is 0 Å². The SMILES string of the molecule is CC(N)CNS(=O)(=O)C(C)C. The topological polar surface area (TPSA) is 72.2 Å². The van der Waals surface area contributed by atoms with Gasteiger partial charge in [0.2, 0.25) is 10.0 Å². The summed E-state index contributed by atoms with van der Waals surface area (Å²) in [5.41, 5.74) is 5.37. The molecule has 0 amide bonds. The molecule has 0 aliphatic carbocycles. The van der Waals surface area contributed by atoms with Crippen LogP contribution in [0, 0.1) is 0 Å². The highest BCUT2D eigenvalue weighted by molar-refractivity contribution is 7.90. The maximum atomic E-state index is 11.1. The van der Waals surface area contributed by atoms with Crippen LogP contribution in [-0.4, -0.2) is 26.3 Å². The van der Waals surface area contributed by atoms with Gasteiger partial charge in [0.15, 0.2) is 0 Å². The summed E-state index contributed by atoms with van der Waals surface area (Å²) in [5.74, 6) is 0. The molecule has 1 unspecified atom stereocenters. The molecule has 11 heavy (non-hydrogen) atoms. The van der Waals surface area contributed by atoms with Gasteiger partial charge in [-0.05, 0) is 20.8 Å². The van der Waals surface area contributed by atoms with E-state index in [1.54, 1.807) is 20.8 Å². The Morgan fingerprint density at radius 1 is 1.36 bits per heavy atom. The third kappa shape index (κ3) is 4.34. The number of sulfonamides is 1. The van der Waals surface area contributed by atoms with Crippen LogP contribution in [0.5, 0.6) is 0 Å². The van der Waals surface area contributed by atoms with Crippen molar-refractivity contribution in [3.05, 3.63) is 0 Å². The summed E-state index contributed by atoms with van der Waals surface area (Å²) in [6.07, 6.45) is 0. The number of rotatable bonds is 4. The average molecular weight is 180 g/mol. The minimum absolute atomic E-state index is 0.136. The lowest BCUT2D eigenvalue weighted by Gasteiger charge is -2.10. The number of hydrogen-bond donors (Lipinski definition) is 2. The van der Waals surface area contributed by atoms with Crippen molar-refractivity contribution in [2.24, 2.45) is 5.73 Å². The van der Waals surface area contributed by atoms with Gasteiger partial charge < -0.3 is 5.73 Å². The van der Waals surface area contributed by atoms with E-state index in [0.29, 0.717) is 6.54 Å². The Balaban J connectivity index is 3.95. The van der Waals surface area contributed by atoms with Crippen LogP contribution in [0.25, 0.3) is 0 Å². The summed E-state index contributed by atoms with van der Waals surface area (Å²) >= 11 is 0. The zero-order chi connectivity index (χ0) is 9.07. The molecule has 1 atom stereocenters. The van der Waals surface area contributed by atoms with Gasteiger partial charge in [-0.1, -0.05) is 0 Å². The molecule has 0 bridgehead atoms. The molecule has 0 saturated carbocycles. The molecule has 0 saturated heterocycles. The Labute approximate surface area is 68.2 Å². The average Bonchev–Trinajstić information content (AvgIpc) is 1.84. The third-order valence-electron chi connectivity index (χ3n) is 1.23. The summed E-state index contributed by atoms with van der Waals surface area (Å²) in [6, 6.07) is -0.136. The van der Waals surface area contributed by atoms with Crippen LogP contribution in [0.2, 0.25) is 0 Å². The van der Waals surface area contributed by atoms with Gasteiger partial charge in [-0.2, -0.15) is 0 Å². The van der Waals surface area contributed by atoms with Crippen molar-refractivity contribution in [3.8, 4) is 0 Å². The molecule has 68 valence electrons. The van der Waals surface area contributed by atoms with Crippen molar-refractivity contribution in [1.29, 1.82) is 0 Å². The summed E-state index contributed by atoms with van der Waals surface area (Å²) in [4.78, 5) is 0. The van der Waals surface area contributed by atoms with Crippen molar-refractivity contribution >= 4 is 10.0 Å². The highest BCUT2D eigenvalue weighted by Gasteiger charge is 2.14. The van der Waals surface area contributed by atoms with Gasteiger partial charge in [-0.3, -0.25) is 0 Å². The van der Waals surface area contributed by atoms with Crippen LogP contribution in [0.3, 0.4) is 0 Å². The molecule has 0 rings (SSSR count). The Morgan fingerprint density at radius 3 is 2.09 bits per heavy atom. The molecule has 0 heterocycles. The van der Waals surface area contributed by atoms with Gasteiger partial charge in [-0.25, -0.2) is 13.1 Å². The first-order valence-corrected chi connectivity index (χ1v) is 5.15. The first-order valence-electron chi connectivity index (χ1n) is 3.60. The van der Waals surface area contributed by atoms with Crippen LogP contribution < -0.4 is 10.5 Å². The normalized spacial score (nSPS) is 15.4. The molecule has 0 aliphatic rings. The Morgan fingerprint density at radius 2 is 1.82 bits per heavy atom. The molecule has 0 aromatic heterocycles. The minimum atomic E-state index is -3.12. The van der Waals surface area contributed by atoms with E-state index in [1.165, 1.54) is 0 Å². The molecule has 0 fully saturated rings. The molecule has 0 spiro atoms. The van der Waals surface area contributed by atoms with Crippen LogP contribution in [0.1, 0.15) is 20.8 Å². The lowest BCUT2D eigenvalue weighted by molar-refractivity contribution is 0.565. The largest absolute Gasteiger partial charge is 0.327 e. The molecular weight excluding hydrogens is 164 g/mol. The summed E-state index contributed by atoms with van der Waals surface area (Å²) in [6.45, 7) is 5.32. The van der Waals surface area contributed by atoms with E-state index < -0.39 is 10.0 Å². The lowest BCUT2D eigenvalue weighted by Crippen LogP contribution is -2.38. The second kappa shape index (κ2) is 4.04. The van der Waals surface area contributed by atoms with E-state index in [4.69, 9.17) is 5.73 Å². The summed E-state index contributed by atoms with van der Waals surface area (Å²) < 4.78 is 24.5. The quantitative estimate of drug-likeness (QED) is 0.622. The maximum absolute atomic E-state index is 11.1. The fraction of sp³-hybridized carbons (Fsp3) is 1.00. The fourth-order valence-corrected chi connectivity index (χ4v) is 1.24. The predicted molar refractivity (Wildman–Crippen MR) is 45.7 cm³/mol. The zero-order valence-electron chi connectivity index (χ0n) is 7.16. The van der Waals surface area contributed by atoms with Crippen LogP contribution in [-0.2, 0) is 10.0 Å². The van der Waals surface area contributed by atoms with E-state index in [-0.39, 0.29) is 11.3 Å². The smallest absolute Gasteiger partial charge is 0.213 e. The first-order chi connectivity index (χ1) is 4.86. The third-order valence-corrected chi connectivity index (χ3v) is 3.04. The van der Waals surface area contributed by atoms with Gasteiger partial charge >= 0.3 is 0 Å². The van der Waals surface area contributed by atoms with Crippen molar-refractivity contribution < 1.29 is 8.42 Å². The standard InChI is InChI=1S/C6H16N2O2S/c1-5(2)11(9,10)8-4-6(3)7/h5-6,8H,4,7H2,1-3H3. The minimum Gasteiger partial charge on any atom is -0.327 e. The van der Waals surface area contributed by atoms with E-state index in [0.717, 1.165) is 0 Å². The van der Waals surface area contributed by atoms with Crippen molar-refractivity contribution in [3.63, 3.8) is 0 Å². The van der Waals surface area contributed by atoms with Gasteiger partial charge in [0.1, 0.15) is 0 Å². The van der Waals surface area contributed by atoms with E-state index in [2.05, 4.69) is 4.72 Å². The molecule has 3 N–H and O–H groups in total. The van der Waals surface area contributed by atoms with Crippen LogP contribution in [0.15, 0.2) is 0 Å². The second-order valence-corrected chi connectivity index (χ2v) is 5.24. The van der Waals surface area contributed by atoms with Gasteiger partial charge in [0, 0.05) is 12.6 Å². The number of nitrogens with one attached hydrogen (secondary N) is 1. The van der Waals surface area contributed by atoms with Crippen molar-refractivity contribution in [1.82, 2.24) is 4.72 Å². The summed E-state index contributed by atoms with van der Waals surface area (Å²) in [5, 5.41) is -0.388. The van der Waals surface area contributed by atoms with Gasteiger partial charge in [0.25, 0.3) is 0 Å². The molecule has 0 radical (unpaired) electrons. The van der Waals surface area contributed by atoms with E-state index in [9.17, 15) is 8.42 Å². The molecule has 0 aliphatic heterocycles. The second-order valence-electron chi connectivity index (χ2n) is 2.92. The fourth-order valence-electron chi connectivity index (χ4n) is 0.414. The Bertz CT molecular complexity index is 197. The molecule has 0 aromatic carbocycles. The summed E-state index contributed by atoms with van der Waals surface area (Å²) in [7, 11) is -3.12. The highest BCUT2D eigenvalue weighted by atomic mass is 32.2.